The molecule has 0 bridgehead atoms. The van der Waals surface area contributed by atoms with Crippen molar-refractivity contribution in [2.45, 2.75) is 19.8 Å². The van der Waals surface area contributed by atoms with E-state index in [2.05, 4.69) is 20.6 Å². The third-order valence-electron chi connectivity index (χ3n) is 3.89. The lowest BCUT2D eigenvalue weighted by molar-refractivity contribution is -0.118. The zero-order valence-electron chi connectivity index (χ0n) is 15.0. The number of nitrogens with zero attached hydrogens (tertiary/aromatic N) is 3. The molecule has 3 rings (SSSR count). The highest BCUT2D eigenvalue weighted by atomic mass is 32.1. The Balaban J connectivity index is 1.47. The van der Waals surface area contributed by atoms with Gasteiger partial charge in [0.2, 0.25) is 5.91 Å². The summed E-state index contributed by atoms with van der Waals surface area (Å²) in [6, 6.07) is 7.83. The number of carbonyl (C=O) groups is 2. The molecule has 0 aliphatic carbocycles. The van der Waals surface area contributed by atoms with Gasteiger partial charge in [-0.15, -0.1) is 11.3 Å². The van der Waals surface area contributed by atoms with Gasteiger partial charge in [0.25, 0.3) is 5.91 Å². The summed E-state index contributed by atoms with van der Waals surface area (Å²) >= 11 is 1.50. The second-order valence-electron chi connectivity index (χ2n) is 5.99. The molecule has 0 saturated heterocycles. The van der Waals surface area contributed by atoms with Crippen molar-refractivity contribution in [1.29, 1.82) is 0 Å². The van der Waals surface area contributed by atoms with Crippen LogP contribution in [0.5, 0.6) is 0 Å². The Morgan fingerprint density at radius 1 is 1.15 bits per heavy atom. The van der Waals surface area contributed by atoms with Gasteiger partial charge in [-0.05, 0) is 37.1 Å². The minimum absolute atomic E-state index is 0.0336. The molecule has 1 amide bonds. The van der Waals surface area contributed by atoms with E-state index in [0.29, 0.717) is 18.0 Å². The molecule has 140 valence electrons. The van der Waals surface area contributed by atoms with E-state index in [-0.39, 0.29) is 11.8 Å². The van der Waals surface area contributed by atoms with E-state index >= 15 is 0 Å². The number of rotatable bonds is 8. The van der Waals surface area contributed by atoms with Crippen LogP contribution in [0.1, 0.15) is 27.2 Å². The Morgan fingerprint density at radius 2 is 2.04 bits per heavy atom. The number of nitrogens with one attached hydrogen (secondary N) is 2. The SMILES string of the molecule is CC(=O)NCCNc1ccc(CCc2ccc(C(=O)n3ccnc3)s2)nc1. The van der Waals surface area contributed by atoms with E-state index in [1.807, 2.05) is 24.3 Å². The minimum Gasteiger partial charge on any atom is -0.382 e. The van der Waals surface area contributed by atoms with E-state index in [0.717, 1.165) is 29.1 Å². The summed E-state index contributed by atoms with van der Waals surface area (Å²) < 4.78 is 1.48. The van der Waals surface area contributed by atoms with Crippen LogP contribution in [0.4, 0.5) is 5.69 Å². The fourth-order valence-corrected chi connectivity index (χ4v) is 3.46. The number of aromatic nitrogens is 3. The normalized spacial score (nSPS) is 10.6. The number of aryl methyl sites for hydroxylation is 2. The van der Waals surface area contributed by atoms with Crippen molar-refractivity contribution >= 4 is 28.8 Å². The third-order valence-corrected chi connectivity index (χ3v) is 5.02. The molecular weight excluding hydrogens is 362 g/mol. The maximum atomic E-state index is 12.3. The van der Waals surface area contributed by atoms with Crippen molar-refractivity contribution in [3.63, 3.8) is 0 Å². The fourth-order valence-electron chi connectivity index (χ4n) is 2.51. The van der Waals surface area contributed by atoms with Gasteiger partial charge in [-0.3, -0.25) is 19.1 Å². The number of carbonyl (C=O) groups excluding carboxylic acids is 2. The summed E-state index contributed by atoms with van der Waals surface area (Å²) in [5, 5.41) is 5.94. The average molecular weight is 383 g/mol. The van der Waals surface area contributed by atoms with Crippen LogP contribution < -0.4 is 10.6 Å². The van der Waals surface area contributed by atoms with Crippen LogP contribution in [-0.4, -0.2) is 39.4 Å². The van der Waals surface area contributed by atoms with Gasteiger partial charge in [0.15, 0.2) is 0 Å². The molecule has 0 aliphatic heterocycles. The lowest BCUT2D eigenvalue weighted by Gasteiger charge is -2.07. The Hall–Kier alpha value is -3.00. The lowest BCUT2D eigenvalue weighted by Crippen LogP contribution is -2.26. The molecule has 3 aromatic rings. The molecule has 7 nitrogen and oxygen atoms in total. The minimum atomic E-state index is -0.0587. The van der Waals surface area contributed by atoms with E-state index in [1.165, 1.54) is 29.2 Å². The molecule has 0 unspecified atom stereocenters. The summed E-state index contributed by atoms with van der Waals surface area (Å²) in [5.74, 6) is -0.0923. The molecule has 8 heteroatoms. The molecule has 0 aliphatic rings. The van der Waals surface area contributed by atoms with Crippen LogP contribution in [0, 0.1) is 0 Å². The van der Waals surface area contributed by atoms with Gasteiger partial charge in [0.05, 0.1) is 16.8 Å². The van der Waals surface area contributed by atoms with Crippen molar-refractivity contribution in [3.8, 4) is 0 Å². The van der Waals surface area contributed by atoms with Crippen molar-refractivity contribution < 1.29 is 9.59 Å². The van der Waals surface area contributed by atoms with Crippen molar-refractivity contribution in [3.05, 3.63) is 64.6 Å². The summed E-state index contributed by atoms with van der Waals surface area (Å²) in [4.78, 5) is 33.3. The molecule has 0 aromatic carbocycles. The Morgan fingerprint density at radius 3 is 2.74 bits per heavy atom. The monoisotopic (exact) mass is 383 g/mol. The summed E-state index contributed by atoms with van der Waals surface area (Å²) in [5.41, 5.74) is 1.92. The van der Waals surface area contributed by atoms with Crippen LogP contribution in [0.2, 0.25) is 0 Å². The lowest BCUT2D eigenvalue weighted by atomic mass is 10.2. The van der Waals surface area contributed by atoms with E-state index < -0.39 is 0 Å². The number of anilines is 1. The molecule has 3 aromatic heterocycles. The Labute approximate surface area is 161 Å². The smallest absolute Gasteiger partial charge is 0.273 e. The maximum Gasteiger partial charge on any atom is 0.273 e. The number of thiophene rings is 1. The second kappa shape index (κ2) is 9.09. The summed E-state index contributed by atoms with van der Waals surface area (Å²) in [7, 11) is 0. The maximum absolute atomic E-state index is 12.3. The molecule has 0 saturated carbocycles. The highest BCUT2D eigenvalue weighted by Crippen LogP contribution is 2.19. The van der Waals surface area contributed by atoms with Crippen molar-refractivity contribution in [2.24, 2.45) is 0 Å². The quantitative estimate of drug-likeness (QED) is 0.583. The van der Waals surface area contributed by atoms with Crippen LogP contribution in [0.3, 0.4) is 0 Å². The molecular formula is C19H21N5O2S. The first-order valence-electron chi connectivity index (χ1n) is 8.66. The van der Waals surface area contributed by atoms with Crippen LogP contribution in [-0.2, 0) is 17.6 Å². The van der Waals surface area contributed by atoms with Gasteiger partial charge >= 0.3 is 0 Å². The molecule has 27 heavy (non-hydrogen) atoms. The number of hydrogen-bond donors (Lipinski definition) is 2. The Bertz CT molecular complexity index is 887. The Kier molecular flexibility index (Phi) is 6.32. The zero-order chi connectivity index (χ0) is 19.1. The third kappa shape index (κ3) is 5.49. The fraction of sp³-hybridized carbons (Fsp3) is 0.263. The molecule has 0 fully saturated rings. The standard InChI is InChI=1S/C19H21N5O2S/c1-14(25)21-8-9-22-16-3-2-15(23-12-16)4-5-17-6-7-18(27-17)19(26)24-11-10-20-13-24/h2-3,6-7,10-13,22H,4-5,8-9H2,1H3,(H,21,25). The van der Waals surface area contributed by atoms with Gasteiger partial charge in [0.1, 0.15) is 6.33 Å². The second-order valence-corrected chi connectivity index (χ2v) is 7.16. The predicted octanol–water partition coefficient (Wildman–Crippen LogP) is 2.36. The van der Waals surface area contributed by atoms with E-state index in [9.17, 15) is 9.59 Å². The number of amides is 1. The highest BCUT2D eigenvalue weighted by Gasteiger charge is 2.11. The van der Waals surface area contributed by atoms with Gasteiger partial charge in [-0.25, -0.2) is 4.98 Å². The zero-order valence-corrected chi connectivity index (χ0v) is 15.8. The van der Waals surface area contributed by atoms with Crippen molar-refractivity contribution in [1.82, 2.24) is 19.9 Å². The first kappa shape index (κ1) is 18.8. The van der Waals surface area contributed by atoms with Crippen LogP contribution in [0.15, 0.2) is 49.2 Å². The van der Waals surface area contributed by atoms with E-state index in [1.54, 1.807) is 18.6 Å². The van der Waals surface area contributed by atoms with Crippen LogP contribution in [0.25, 0.3) is 0 Å². The summed E-state index contributed by atoms with van der Waals surface area (Å²) in [6.45, 7) is 2.74. The molecule has 3 heterocycles. The average Bonchev–Trinajstić information content (AvgIpc) is 3.36. The largest absolute Gasteiger partial charge is 0.382 e. The first-order valence-corrected chi connectivity index (χ1v) is 9.48. The van der Waals surface area contributed by atoms with Gasteiger partial charge < -0.3 is 10.6 Å². The van der Waals surface area contributed by atoms with Crippen LogP contribution >= 0.6 is 11.3 Å². The van der Waals surface area contributed by atoms with Crippen molar-refractivity contribution in [2.75, 3.05) is 18.4 Å². The van der Waals surface area contributed by atoms with Gasteiger partial charge in [-0.2, -0.15) is 0 Å². The summed E-state index contributed by atoms with van der Waals surface area (Å²) in [6.07, 6.45) is 8.20. The first-order chi connectivity index (χ1) is 13.1. The number of imidazole rings is 1. The molecule has 0 spiro atoms. The predicted molar refractivity (Wildman–Crippen MR) is 105 cm³/mol. The highest BCUT2D eigenvalue weighted by molar-refractivity contribution is 7.14. The topological polar surface area (TPSA) is 88.9 Å². The van der Waals surface area contributed by atoms with E-state index in [4.69, 9.17) is 0 Å². The molecule has 0 atom stereocenters. The van der Waals surface area contributed by atoms with Gasteiger partial charge in [0, 0.05) is 43.0 Å². The molecule has 2 N–H and O–H groups in total. The number of pyridine rings is 1. The molecule has 0 radical (unpaired) electrons. The van der Waals surface area contributed by atoms with Gasteiger partial charge in [-0.1, -0.05) is 0 Å². The number of hydrogen-bond acceptors (Lipinski definition) is 6.